The minimum absolute atomic E-state index is 0.349. The number of aromatic nitrogens is 2. The second-order valence-corrected chi connectivity index (χ2v) is 7.83. The molecule has 0 saturated carbocycles. The number of benzene rings is 2. The number of para-hydroxylation sites is 1. The van der Waals surface area contributed by atoms with E-state index in [4.69, 9.17) is 27.9 Å². The number of carbonyl (C=O) groups is 1. The molecule has 0 bridgehead atoms. The summed E-state index contributed by atoms with van der Waals surface area (Å²) in [6.07, 6.45) is 1.42. The number of carbonyl (C=O) groups excluding carboxylic acids is 1. The van der Waals surface area contributed by atoms with Crippen molar-refractivity contribution in [2.24, 2.45) is 0 Å². The number of hydrogen-bond donors (Lipinski definition) is 2. The number of halogens is 2. The normalized spacial score (nSPS) is 10.5. The largest absolute Gasteiger partial charge is 0.492 e. The van der Waals surface area contributed by atoms with E-state index in [1.54, 1.807) is 18.2 Å². The van der Waals surface area contributed by atoms with Crippen molar-refractivity contribution in [2.45, 2.75) is 19.8 Å². The fourth-order valence-corrected chi connectivity index (χ4v) is 3.61. The number of aryl methyl sites for hydroxylation is 2. The van der Waals surface area contributed by atoms with E-state index >= 15 is 0 Å². The molecule has 1 aromatic heterocycles. The molecule has 2 aromatic carbocycles. The Balaban J connectivity index is 1.44. The van der Waals surface area contributed by atoms with Gasteiger partial charge in [0, 0.05) is 17.1 Å². The maximum atomic E-state index is 12.1. The summed E-state index contributed by atoms with van der Waals surface area (Å²) in [5.41, 5.74) is 1.74. The number of ether oxygens (including phenoxy) is 1. The number of rotatable bonds is 7. The lowest BCUT2D eigenvalue weighted by molar-refractivity contribution is 0.262. The van der Waals surface area contributed by atoms with Crippen LogP contribution in [0.4, 0.5) is 15.6 Å². The lowest BCUT2D eigenvalue weighted by Crippen LogP contribution is -2.19. The molecule has 0 aliphatic carbocycles. The Morgan fingerprint density at radius 1 is 1.14 bits per heavy atom. The standard InChI is InChI=1S/C19H18Cl2N4O2S/c1-12-5-2-3-6-15(12)22-18(26)23-19-25-24-17(28-19)7-4-10-27-16-9-8-13(20)11-14(16)21/h2-3,5-6,8-9,11H,4,7,10H2,1H3,(H2,22,23,25,26). The predicted molar refractivity (Wildman–Crippen MR) is 114 cm³/mol. The fraction of sp³-hybridized carbons (Fsp3) is 0.211. The number of nitrogens with zero attached hydrogens (tertiary/aromatic N) is 2. The second kappa shape index (κ2) is 9.73. The fourth-order valence-electron chi connectivity index (χ4n) is 2.37. The molecule has 1 heterocycles. The van der Waals surface area contributed by atoms with E-state index in [1.165, 1.54) is 11.3 Å². The average molecular weight is 437 g/mol. The van der Waals surface area contributed by atoms with E-state index in [0.717, 1.165) is 22.7 Å². The van der Waals surface area contributed by atoms with Gasteiger partial charge in [0.1, 0.15) is 10.8 Å². The van der Waals surface area contributed by atoms with Gasteiger partial charge in [-0.3, -0.25) is 5.32 Å². The van der Waals surface area contributed by atoms with Crippen molar-refractivity contribution in [1.29, 1.82) is 0 Å². The topological polar surface area (TPSA) is 76.1 Å². The number of nitrogens with one attached hydrogen (secondary N) is 2. The average Bonchev–Trinajstić information content (AvgIpc) is 3.09. The van der Waals surface area contributed by atoms with E-state index < -0.39 is 0 Å². The van der Waals surface area contributed by atoms with Crippen molar-refractivity contribution in [2.75, 3.05) is 17.2 Å². The monoisotopic (exact) mass is 436 g/mol. The molecule has 0 aliphatic rings. The molecule has 0 unspecified atom stereocenters. The third-order valence-electron chi connectivity index (χ3n) is 3.77. The lowest BCUT2D eigenvalue weighted by atomic mass is 10.2. The minimum atomic E-state index is -0.349. The van der Waals surface area contributed by atoms with Crippen molar-refractivity contribution in [3.8, 4) is 5.75 Å². The summed E-state index contributed by atoms with van der Waals surface area (Å²) in [7, 11) is 0. The molecule has 6 nitrogen and oxygen atoms in total. The third-order valence-corrected chi connectivity index (χ3v) is 5.20. The SMILES string of the molecule is Cc1ccccc1NC(=O)Nc1nnc(CCCOc2ccc(Cl)cc2Cl)s1. The van der Waals surface area contributed by atoms with Crippen molar-refractivity contribution < 1.29 is 9.53 Å². The predicted octanol–water partition coefficient (Wildman–Crippen LogP) is 5.81. The van der Waals surface area contributed by atoms with Crippen LogP contribution in [0, 0.1) is 6.92 Å². The van der Waals surface area contributed by atoms with Crippen LogP contribution in [0.25, 0.3) is 0 Å². The van der Waals surface area contributed by atoms with E-state index in [2.05, 4.69) is 20.8 Å². The Morgan fingerprint density at radius 3 is 2.75 bits per heavy atom. The second-order valence-electron chi connectivity index (χ2n) is 5.92. The molecular weight excluding hydrogens is 419 g/mol. The van der Waals surface area contributed by atoms with Crippen LogP contribution < -0.4 is 15.4 Å². The Bertz CT molecular complexity index is 965. The Morgan fingerprint density at radius 2 is 1.96 bits per heavy atom. The highest BCUT2D eigenvalue weighted by Crippen LogP contribution is 2.27. The summed E-state index contributed by atoms with van der Waals surface area (Å²) >= 11 is 13.3. The van der Waals surface area contributed by atoms with Crippen molar-refractivity contribution >= 4 is 51.4 Å². The van der Waals surface area contributed by atoms with Gasteiger partial charge in [0.05, 0.1) is 11.6 Å². The molecule has 0 radical (unpaired) electrons. The summed E-state index contributed by atoms with van der Waals surface area (Å²) < 4.78 is 5.65. The number of anilines is 2. The maximum Gasteiger partial charge on any atom is 0.325 e. The first kappa shape index (κ1) is 20.4. The molecule has 146 valence electrons. The van der Waals surface area contributed by atoms with Gasteiger partial charge in [-0.1, -0.05) is 52.7 Å². The molecule has 2 N–H and O–H groups in total. The zero-order valence-corrected chi connectivity index (χ0v) is 17.4. The highest BCUT2D eigenvalue weighted by atomic mass is 35.5. The van der Waals surface area contributed by atoms with Crippen LogP contribution >= 0.6 is 34.5 Å². The van der Waals surface area contributed by atoms with Gasteiger partial charge in [0.15, 0.2) is 0 Å². The van der Waals surface area contributed by atoms with Crippen molar-refractivity contribution in [3.05, 3.63) is 63.1 Å². The van der Waals surface area contributed by atoms with Gasteiger partial charge >= 0.3 is 6.03 Å². The minimum Gasteiger partial charge on any atom is -0.492 e. The molecule has 0 fully saturated rings. The summed E-state index contributed by atoms with van der Waals surface area (Å²) in [6, 6.07) is 12.3. The van der Waals surface area contributed by atoms with Gasteiger partial charge in [-0.05, 0) is 43.2 Å². The summed E-state index contributed by atoms with van der Waals surface area (Å²) in [5.74, 6) is 0.596. The van der Waals surface area contributed by atoms with Crippen LogP contribution in [-0.4, -0.2) is 22.8 Å². The number of hydrogen-bond acceptors (Lipinski definition) is 5. The van der Waals surface area contributed by atoms with Crippen LogP contribution in [0.15, 0.2) is 42.5 Å². The van der Waals surface area contributed by atoms with Crippen LogP contribution in [0.1, 0.15) is 17.0 Å². The molecule has 28 heavy (non-hydrogen) atoms. The molecule has 0 spiro atoms. The van der Waals surface area contributed by atoms with Crippen LogP contribution in [-0.2, 0) is 6.42 Å². The van der Waals surface area contributed by atoms with Crippen LogP contribution in [0.3, 0.4) is 0 Å². The highest BCUT2D eigenvalue weighted by molar-refractivity contribution is 7.15. The third kappa shape index (κ3) is 5.82. The maximum absolute atomic E-state index is 12.1. The molecular formula is C19H18Cl2N4O2S. The zero-order chi connectivity index (χ0) is 19.9. The van der Waals surface area contributed by atoms with E-state index in [-0.39, 0.29) is 6.03 Å². The van der Waals surface area contributed by atoms with Gasteiger partial charge in [-0.25, -0.2) is 4.79 Å². The molecule has 9 heteroatoms. The van der Waals surface area contributed by atoms with Crippen molar-refractivity contribution in [3.63, 3.8) is 0 Å². The molecule has 3 aromatic rings. The molecule has 0 saturated heterocycles. The Kier molecular flexibility index (Phi) is 7.08. The zero-order valence-electron chi connectivity index (χ0n) is 15.0. The molecule has 0 atom stereocenters. The van der Waals surface area contributed by atoms with E-state index in [9.17, 15) is 4.79 Å². The number of amides is 2. The van der Waals surface area contributed by atoms with E-state index in [1.807, 2.05) is 31.2 Å². The number of urea groups is 1. The first-order valence-corrected chi connectivity index (χ1v) is 10.1. The summed E-state index contributed by atoms with van der Waals surface area (Å²) in [6.45, 7) is 2.41. The molecule has 2 amide bonds. The van der Waals surface area contributed by atoms with Crippen molar-refractivity contribution in [1.82, 2.24) is 10.2 Å². The summed E-state index contributed by atoms with van der Waals surface area (Å²) in [4.78, 5) is 12.1. The smallest absolute Gasteiger partial charge is 0.325 e. The van der Waals surface area contributed by atoms with Crippen LogP contribution in [0.5, 0.6) is 5.75 Å². The van der Waals surface area contributed by atoms with Gasteiger partial charge in [-0.15, -0.1) is 10.2 Å². The molecule has 3 rings (SSSR count). The highest BCUT2D eigenvalue weighted by Gasteiger charge is 2.09. The van der Waals surface area contributed by atoms with E-state index in [0.29, 0.717) is 34.0 Å². The lowest BCUT2D eigenvalue weighted by Gasteiger charge is -2.07. The first-order chi connectivity index (χ1) is 13.5. The quantitative estimate of drug-likeness (QED) is 0.458. The first-order valence-electron chi connectivity index (χ1n) is 8.55. The van der Waals surface area contributed by atoms with Gasteiger partial charge in [0.25, 0.3) is 0 Å². The van der Waals surface area contributed by atoms with Gasteiger partial charge in [0.2, 0.25) is 5.13 Å². The van der Waals surface area contributed by atoms with Gasteiger partial charge in [-0.2, -0.15) is 0 Å². The van der Waals surface area contributed by atoms with Gasteiger partial charge < -0.3 is 10.1 Å². The Hall–Kier alpha value is -2.35. The van der Waals surface area contributed by atoms with Crippen LogP contribution in [0.2, 0.25) is 10.0 Å². The summed E-state index contributed by atoms with van der Waals surface area (Å²) in [5, 5.41) is 15.9. The Labute approximate surface area is 176 Å². The molecule has 0 aliphatic heterocycles.